The predicted molar refractivity (Wildman–Crippen MR) is 66.3 cm³/mol. The van der Waals surface area contributed by atoms with Gasteiger partial charge in [-0.2, -0.15) is 13.2 Å². The molecule has 6 heteroatoms. The summed E-state index contributed by atoms with van der Waals surface area (Å²) < 4.78 is 43.0. The molecule has 0 amide bonds. The molecule has 1 N–H and O–H groups in total. The van der Waals surface area contributed by atoms with Gasteiger partial charge in [0.15, 0.2) is 5.89 Å². The van der Waals surface area contributed by atoms with E-state index in [2.05, 4.69) is 4.98 Å². The molecule has 2 aromatic rings. The van der Waals surface area contributed by atoms with E-state index in [1.807, 2.05) is 0 Å². The standard InChI is InChI=1S/C14H14F3NO2/c1-9(7-19)12-8-20-13(18-12)6-10-3-2-4-11(5-10)14(15,16)17/h2-5,8-9,19H,6-7H2,1H3. The summed E-state index contributed by atoms with van der Waals surface area (Å²) >= 11 is 0. The fourth-order valence-electron chi connectivity index (χ4n) is 1.76. The normalized spacial score (nSPS) is 13.4. The molecule has 1 heterocycles. The number of hydrogen-bond donors (Lipinski definition) is 1. The van der Waals surface area contributed by atoms with Crippen molar-refractivity contribution < 1.29 is 22.7 Å². The van der Waals surface area contributed by atoms with Crippen LogP contribution < -0.4 is 0 Å². The van der Waals surface area contributed by atoms with E-state index in [-0.39, 0.29) is 18.9 Å². The molecule has 1 aromatic carbocycles. The van der Waals surface area contributed by atoms with Crippen molar-refractivity contribution in [2.45, 2.75) is 25.4 Å². The van der Waals surface area contributed by atoms with E-state index < -0.39 is 11.7 Å². The molecule has 0 aliphatic carbocycles. The van der Waals surface area contributed by atoms with Gasteiger partial charge in [0.1, 0.15) is 6.26 Å². The van der Waals surface area contributed by atoms with Crippen molar-refractivity contribution >= 4 is 0 Å². The van der Waals surface area contributed by atoms with Crippen LogP contribution in [0.3, 0.4) is 0 Å². The van der Waals surface area contributed by atoms with Crippen LogP contribution >= 0.6 is 0 Å². The third-order valence-corrected chi connectivity index (χ3v) is 2.96. The minimum Gasteiger partial charge on any atom is -0.448 e. The van der Waals surface area contributed by atoms with Crippen LogP contribution in [-0.4, -0.2) is 16.7 Å². The van der Waals surface area contributed by atoms with E-state index in [9.17, 15) is 13.2 Å². The maximum Gasteiger partial charge on any atom is 0.416 e. The Bertz CT molecular complexity index is 578. The van der Waals surface area contributed by atoms with Gasteiger partial charge in [-0.3, -0.25) is 0 Å². The summed E-state index contributed by atoms with van der Waals surface area (Å²) in [6, 6.07) is 5.06. The van der Waals surface area contributed by atoms with E-state index >= 15 is 0 Å². The first-order valence-corrected chi connectivity index (χ1v) is 6.11. The van der Waals surface area contributed by atoms with Crippen LogP contribution in [0.2, 0.25) is 0 Å². The molecule has 20 heavy (non-hydrogen) atoms. The Morgan fingerprint density at radius 1 is 1.35 bits per heavy atom. The zero-order valence-electron chi connectivity index (χ0n) is 10.8. The van der Waals surface area contributed by atoms with Crippen LogP contribution in [0.25, 0.3) is 0 Å². The monoisotopic (exact) mass is 285 g/mol. The van der Waals surface area contributed by atoms with E-state index in [1.165, 1.54) is 12.3 Å². The maximum atomic E-state index is 12.6. The SMILES string of the molecule is CC(CO)c1coc(Cc2cccc(C(F)(F)F)c2)n1. The Kier molecular flexibility index (Phi) is 4.13. The Morgan fingerprint density at radius 2 is 2.10 bits per heavy atom. The third-order valence-electron chi connectivity index (χ3n) is 2.96. The fraction of sp³-hybridized carbons (Fsp3) is 0.357. The first-order valence-electron chi connectivity index (χ1n) is 6.11. The summed E-state index contributed by atoms with van der Waals surface area (Å²) in [6.45, 7) is 1.72. The van der Waals surface area contributed by atoms with E-state index in [0.717, 1.165) is 12.1 Å². The topological polar surface area (TPSA) is 46.3 Å². The highest BCUT2D eigenvalue weighted by Gasteiger charge is 2.30. The zero-order chi connectivity index (χ0) is 14.8. The van der Waals surface area contributed by atoms with Crippen LogP contribution in [0.5, 0.6) is 0 Å². The summed E-state index contributed by atoms with van der Waals surface area (Å²) in [5.41, 5.74) is 0.379. The molecule has 0 bridgehead atoms. The van der Waals surface area contributed by atoms with Crippen LogP contribution in [0.15, 0.2) is 34.9 Å². The number of aliphatic hydroxyl groups is 1. The van der Waals surface area contributed by atoms with Gasteiger partial charge in [-0.1, -0.05) is 25.1 Å². The molecule has 0 fully saturated rings. The van der Waals surface area contributed by atoms with Gasteiger partial charge in [-0.25, -0.2) is 4.98 Å². The van der Waals surface area contributed by atoms with E-state index in [4.69, 9.17) is 9.52 Å². The van der Waals surface area contributed by atoms with Gasteiger partial charge in [0.05, 0.1) is 17.9 Å². The van der Waals surface area contributed by atoms with E-state index in [1.54, 1.807) is 13.0 Å². The van der Waals surface area contributed by atoms with Gasteiger partial charge in [0, 0.05) is 12.3 Å². The summed E-state index contributed by atoms with van der Waals surface area (Å²) in [7, 11) is 0. The number of aromatic nitrogens is 1. The molecule has 1 unspecified atom stereocenters. The second-order valence-corrected chi connectivity index (χ2v) is 4.62. The highest BCUT2D eigenvalue weighted by Crippen LogP contribution is 2.30. The average Bonchev–Trinajstić information content (AvgIpc) is 2.85. The summed E-state index contributed by atoms with van der Waals surface area (Å²) in [4.78, 5) is 4.16. The number of halogens is 3. The molecular weight excluding hydrogens is 271 g/mol. The zero-order valence-corrected chi connectivity index (χ0v) is 10.8. The molecule has 0 aliphatic rings. The molecule has 2 rings (SSSR count). The van der Waals surface area contributed by atoms with Crippen molar-refractivity contribution in [3.05, 3.63) is 53.2 Å². The van der Waals surface area contributed by atoms with Crippen molar-refractivity contribution in [1.82, 2.24) is 4.98 Å². The number of rotatable bonds is 4. The minimum atomic E-state index is -4.36. The maximum absolute atomic E-state index is 12.6. The number of oxazole rings is 1. The molecule has 1 aromatic heterocycles. The second kappa shape index (κ2) is 5.66. The molecule has 0 radical (unpaired) electrons. The number of hydrogen-bond acceptors (Lipinski definition) is 3. The Balaban J connectivity index is 2.16. The molecule has 1 atom stereocenters. The summed E-state index contributed by atoms with van der Waals surface area (Å²) in [5.74, 6) is 0.175. The lowest BCUT2D eigenvalue weighted by molar-refractivity contribution is -0.137. The van der Waals surface area contributed by atoms with Crippen molar-refractivity contribution in [2.75, 3.05) is 6.61 Å². The van der Waals surface area contributed by atoms with Crippen LogP contribution in [-0.2, 0) is 12.6 Å². The lowest BCUT2D eigenvalue weighted by atomic mass is 10.1. The van der Waals surface area contributed by atoms with Crippen LogP contribution in [0.4, 0.5) is 13.2 Å². The van der Waals surface area contributed by atoms with Crippen LogP contribution in [0.1, 0.15) is 35.6 Å². The first-order chi connectivity index (χ1) is 9.40. The molecule has 0 saturated heterocycles. The summed E-state index contributed by atoms with van der Waals surface area (Å²) in [5, 5.41) is 9.01. The number of nitrogens with zero attached hydrogens (tertiary/aromatic N) is 1. The third kappa shape index (κ3) is 3.39. The van der Waals surface area contributed by atoms with Crippen molar-refractivity contribution in [2.24, 2.45) is 0 Å². The Hall–Kier alpha value is -1.82. The minimum absolute atomic E-state index is 0.0600. The molecule has 3 nitrogen and oxygen atoms in total. The number of alkyl halides is 3. The lowest BCUT2D eigenvalue weighted by Gasteiger charge is -2.07. The van der Waals surface area contributed by atoms with Gasteiger partial charge in [-0.15, -0.1) is 0 Å². The van der Waals surface area contributed by atoms with Crippen molar-refractivity contribution in [3.63, 3.8) is 0 Å². The number of aliphatic hydroxyl groups excluding tert-OH is 1. The Morgan fingerprint density at radius 3 is 2.75 bits per heavy atom. The average molecular weight is 285 g/mol. The van der Waals surface area contributed by atoms with Crippen molar-refractivity contribution in [3.8, 4) is 0 Å². The van der Waals surface area contributed by atoms with Crippen molar-refractivity contribution in [1.29, 1.82) is 0 Å². The quantitative estimate of drug-likeness (QED) is 0.936. The summed E-state index contributed by atoms with van der Waals surface area (Å²) in [6.07, 6.45) is -2.75. The molecule has 0 aliphatic heterocycles. The van der Waals surface area contributed by atoms with Gasteiger partial charge >= 0.3 is 6.18 Å². The molecule has 0 spiro atoms. The molecule has 0 saturated carbocycles. The van der Waals surface area contributed by atoms with Crippen LogP contribution in [0, 0.1) is 0 Å². The van der Waals surface area contributed by atoms with E-state index in [0.29, 0.717) is 17.1 Å². The van der Waals surface area contributed by atoms with Gasteiger partial charge in [-0.05, 0) is 11.6 Å². The molecular formula is C14H14F3NO2. The highest BCUT2D eigenvalue weighted by molar-refractivity contribution is 5.27. The second-order valence-electron chi connectivity index (χ2n) is 4.62. The van der Waals surface area contributed by atoms with Gasteiger partial charge in [0.2, 0.25) is 0 Å². The predicted octanol–water partition coefficient (Wildman–Crippen LogP) is 3.38. The fourth-order valence-corrected chi connectivity index (χ4v) is 1.76. The molecule has 108 valence electrons. The highest BCUT2D eigenvalue weighted by atomic mass is 19.4. The smallest absolute Gasteiger partial charge is 0.416 e. The largest absolute Gasteiger partial charge is 0.448 e. The first kappa shape index (κ1) is 14.6. The lowest BCUT2D eigenvalue weighted by Crippen LogP contribution is -2.05. The Labute approximate surface area is 114 Å². The van der Waals surface area contributed by atoms with Gasteiger partial charge in [0.25, 0.3) is 0 Å². The van der Waals surface area contributed by atoms with Gasteiger partial charge < -0.3 is 9.52 Å². The number of benzene rings is 1.